The van der Waals surface area contributed by atoms with E-state index in [4.69, 9.17) is 0 Å². The molecule has 19 heavy (non-hydrogen) atoms. The smallest absolute Gasteiger partial charge is 0.225 e. The maximum Gasteiger partial charge on any atom is 0.225 e. The number of carbonyl (C=O) groups is 1. The molecule has 1 aliphatic heterocycles. The molecule has 1 saturated heterocycles. The summed E-state index contributed by atoms with van der Waals surface area (Å²) in [4.78, 5) is 14.0. The molecule has 0 spiro atoms. The number of likely N-dealkylation sites (tertiary alicyclic amines) is 1. The van der Waals surface area contributed by atoms with Gasteiger partial charge in [0.05, 0.1) is 6.10 Å². The molecular weight excluding hydrogens is 240 g/mol. The van der Waals surface area contributed by atoms with Crippen molar-refractivity contribution in [2.75, 3.05) is 25.0 Å². The van der Waals surface area contributed by atoms with Crippen LogP contribution in [0.15, 0.2) is 30.3 Å². The highest BCUT2D eigenvalue weighted by Gasteiger charge is 2.25. The Morgan fingerprint density at radius 2 is 2.21 bits per heavy atom. The number of aliphatic hydroxyl groups is 1. The molecular formula is C15H22N2O2. The second kappa shape index (κ2) is 6.68. The Bertz CT molecular complexity index is 406. The first kappa shape index (κ1) is 14.0. The monoisotopic (exact) mass is 262 g/mol. The van der Waals surface area contributed by atoms with Crippen molar-refractivity contribution in [3.63, 3.8) is 0 Å². The molecule has 0 radical (unpaired) electrons. The highest BCUT2D eigenvalue weighted by Crippen LogP contribution is 2.19. The molecule has 1 amide bonds. The molecule has 2 rings (SSSR count). The lowest BCUT2D eigenvalue weighted by atomic mass is 10.0. The summed E-state index contributed by atoms with van der Waals surface area (Å²) >= 11 is 0. The van der Waals surface area contributed by atoms with E-state index in [2.05, 4.69) is 10.2 Å². The van der Waals surface area contributed by atoms with Crippen LogP contribution < -0.4 is 5.32 Å². The number of carbonyl (C=O) groups excluding carboxylic acids is 1. The average molecular weight is 262 g/mol. The molecule has 104 valence electrons. The first-order valence-corrected chi connectivity index (χ1v) is 6.90. The first-order chi connectivity index (χ1) is 9.15. The predicted octanol–water partition coefficient (Wildman–Crippen LogP) is 1.72. The Morgan fingerprint density at radius 3 is 2.84 bits per heavy atom. The van der Waals surface area contributed by atoms with E-state index >= 15 is 0 Å². The normalized spacial score (nSPS) is 21.3. The third-order valence-electron chi connectivity index (χ3n) is 3.70. The highest BCUT2D eigenvalue weighted by atomic mass is 16.3. The van der Waals surface area contributed by atoms with Crippen molar-refractivity contribution in [1.82, 2.24) is 4.90 Å². The van der Waals surface area contributed by atoms with Crippen LogP contribution >= 0.6 is 0 Å². The quantitative estimate of drug-likeness (QED) is 0.849. The molecule has 1 heterocycles. The van der Waals surface area contributed by atoms with Gasteiger partial charge in [-0.05, 0) is 37.9 Å². The first-order valence-electron chi connectivity index (χ1n) is 6.90. The number of hydrogen-bond donors (Lipinski definition) is 2. The Hall–Kier alpha value is -1.39. The molecule has 2 unspecified atom stereocenters. The fraction of sp³-hybridized carbons (Fsp3) is 0.533. The van der Waals surface area contributed by atoms with Gasteiger partial charge in [0.25, 0.3) is 0 Å². The standard InChI is InChI=1S/C15H22N2O2/c1-12(18)13-7-9-17(11-13)10-8-15(19)16-14-5-3-2-4-6-14/h2-6,12-13,18H,7-11H2,1H3,(H,16,19). The van der Waals surface area contributed by atoms with Gasteiger partial charge < -0.3 is 15.3 Å². The Kier molecular flexibility index (Phi) is 4.93. The summed E-state index contributed by atoms with van der Waals surface area (Å²) in [5.74, 6) is 0.406. The average Bonchev–Trinajstić information content (AvgIpc) is 2.86. The zero-order chi connectivity index (χ0) is 13.7. The summed E-state index contributed by atoms with van der Waals surface area (Å²) < 4.78 is 0. The van der Waals surface area contributed by atoms with E-state index in [1.54, 1.807) is 0 Å². The largest absolute Gasteiger partial charge is 0.393 e. The van der Waals surface area contributed by atoms with Gasteiger partial charge in [-0.2, -0.15) is 0 Å². The van der Waals surface area contributed by atoms with Gasteiger partial charge >= 0.3 is 0 Å². The van der Waals surface area contributed by atoms with E-state index in [0.29, 0.717) is 12.3 Å². The molecule has 0 aliphatic carbocycles. The molecule has 0 bridgehead atoms. The van der Waals surface area contributed by atoms with Gasteiger partial charge in [-0.15, -0.1) is 0 Å². The lowest BCUT2D eigenvalue weighted by Gasteiger charge is -2.17. The van der Waals surface area contributed by atoms with E-state index in [-0.39, 0.29) is 12.0 Å². The van der Waals surface area contributed by atoms with E-state index in [1.807, 2.05) is 37.3 Å². The van der Waals surface area contributed by atoms with Gasteiger partial charge in [-0.3, -0.25) is 4.79 Å². The van der Waals surface area contributed by atoms with Crippen molar-refractivity contribution in [3.8, 4) is 0 Å². The van der Waals surface area contributed by atoms with E-state index in [9.17, 15) is 9.90 Å². The number of nitrogens with zero attached hydrogens (tertiary/aromatic N) is 1. The molecule has 1 aromatic rings. The van der Waals surface area contributed by atoms with Gasteiger partial charge in [-0.1, -0.05) is 18.2 Å². The summed E-state index contributed by atoms with van der Waals surface area (Å²) in [5.41, 5.74) is 0.843. The second-order valence-corrected chi connectivity index (χ2v) is 5.25. The van der Waals surface area contributed by atoms with E-state index in [0.717, 1.165) is 31.7 Å². The summed E-state index contributed by atoms with van der Waals surface area (Å²) in [6, 6.07) is 9.51. The fourth-order valence-electron chi connectivity index (χ4n) is 2.46. The minimum Gasteiger partial charge on any atom is -0.393 e. The third-order valence-corrected chi connectivity index (χ3v) is 3.70. The van der Waals surface area contributed by atoms with E-state index < -0.39 is 0 Å². The van der Waals surface area contributed by atoms with Crippen LogP contribution in [-0.2, 0) is 4.79 Å². The molecule has 4 nitrogen and oxygen atoms in total. The molecule has 1 aliphatic rings. The maximum absolute atomic E-state index is 11.8. The van der Waals surface area contributed by atoms with Crippen molar-refractivity contribution in [2.45, 2.75) is 25.9 Å². The molecule has 1 fully saturated rings. The molecule has 0 saturated carbocycles. The number of nitrogens with one attached hydrogen (secondary N) is 1. The SMILES string of the molecule is CC(O)C1CCN(CCC(=O)Nc2ccccc2)C1. The second-order valence-electron chi connectivity index (χ2n) is 5.25. The molecule has 0 aromatic heterocycles. The van der Waals surface area contributed by atoms with Crippen LogP contribution in [0, 0.1) is 5.92 Å². The Labute approximate surface area is 114 Å². The summed E-state index contributed by atoms with van der Waals surface area (Å²) in [6.45, 7) is 4.49. The van der Waals surface area contributed by atoms with Crippen LogP contribution in [0.3, 0.4) is 0 Å². The van der Waals surface area contributed by atoms with Gasteiger partial charge in [0.1, 0.15) is 0 Å². The van der Waals surface area contributed by atoms with Crippen LogP contribution in [0.5, 0.6) is 0 Å². The Morgan fingerprint density at radius 1 is 1.47 bits per heavy atom. The van der Waals surface area contributed by atoms with Crippen LogP contribution in [0.1, 0.15) is 19.8 Å². The number of aliphatic hydroxyl groups excluding tert-OH is 1. The number of amides is 1. The van der Waals surface area contributed by atoms with Crippen molar-refractivity contribution in [2.24, 2.45) is 5.92 Å². The number of para-hydroxylation sites is 1. The maximum atomic E-state index is 11.8. The molecule has 2 N–H and O–H groups in total. The minimum atomic E-state index is -0.247. The van der Waals surface area contributed by atoms with Crippen molar-refractivity contribution in [1.29, 1.82) is 0 Å². The number of anilines is 1. The van der Waals surface area contributed by atoms with Crippen LogP contribution in [0.2, 0.25) is 0 Å². The number of hydrogen-bond acceptors (Lipinski definition) is 3. The topological polar surface area (TPSA) is 52.6 Å². The van der Waals surface area contributed by atoms with Gasteiger partial charge in [0, 0.05) is 25.2 Å². The van der Waals surface area contributed by atoms with Crippen molar-refractivity contribution in [3.05, 3.63) is 30.3 Å². The molecule has 4 heteroatoms. The lowest BCUT2D eigenvalue weighted by Crippen LogP contribution is -2.27. The lowest BCUT2D eigenvalue weighted by molar-refractivity contribution is -0.116. The summed E-state index contributed by atoms with van der Waals surface area (Å²) in [6.07, 6.45) is 1.28. The fourth-order valence-corrected chi connectivity index (χ4v) is 2.46. The number of rotatable bonds is 5. The zero-order valence-corrected chi connectivity index (χ0v) is 11.4. The summed E-state index contributed by atoms with van der Waals surface area (Å²) in [5, 5.41) is 12.4. The van der Waals surface area contributed by atoms with Gasteiger partial charge in [-0.25, -0.2) is 0 Å². The zero-order valence-electron chi connectivity index (χ0n) is 11.4. The van der Waals surface area contributed by atoms with E-state index in [1.165, 1.54) is 0 Å². The van der Waals surface area contributed by atoms with Crippen molar-refractivity contribution < 1.29 is 9.90 Å². The minimum absolute atomic E-state index is 0.0479. The van der Waals surface area contributed by atoms with Crippen molar-refractivity contribution >= 4 is 11.6 Å². The van der Waals surface area contributed by atoms with Gasteiger partial charge in [0.15, 0.2) is 0 Å². The van der Waals surface area contributed by atoms with Crippen LogP contribution in [-0.4, -0.2) is 41.7 Å². The summed E-state index contributed by atoms with van der Waals surface area (Å²) in [7, 11) is 0. The third kappa shape index (κ3) is 4.33. The van der Waals surface area contributed by atoms with Gasteiger partial charge in [0.2, 0.25) is 5.91 Å². The van der Waals surface area contributed by atoms with Crippen LogP contribution in [0.25, 0.3) is 0 Å². The predicted molar refractivity (Wildman–Crippen MR) is 75.9 cm³/mol. The van der Waals surface area contributed by atoms with Crippen LogP contribution in [0.4, 0.5) is 5.69 Å². The number of benzene rings is 1. The molecule has 1 aromatic carbocycles. The highest BCUT2D eigenvalue weighted by molar-refractivity contribution is 5.90. The molecule has 2 atom stereocenters. The Balaban J connectivity index is 1.70.